The van der Waals surface area contributed by atoms with Gasteiger partial charge in [-0.3, -0.25) is 4.79 Å². The van der Waals surface area contributed by atoms with Gasteiger partial charge in [0.05, 0.1) is 12.2 Å². The van der Waals surface area contributed by atoms with Crippen molar-refractivity contribution in [3.8, 4) is 0 Å². The van der Waals surface area contributed by atoms with E-state index in [0.717, 1.165) is 18.4 Å². The van der Waals surface area contributed by atoms with Crippen molar-refractivity contribution in [1.29, 1.82) is 0 Å². The van der Waals surface area contributed by atoms with E-state index in [1.807, 2.05) is 4.90 Å². The Morgan fingerprint density at radius 1 is 1.23 bits per heavy atom. The average Bonchev–Trinajstić information content (AvgIpc) is 3.23. The quantitative estimate of drug-likeness (QED) is 0.910. The number of carbonyl (C=O) groups excluding carboxylic acids is 1. The highest BCUT2D eigenvalue weighted by Crippen LogP contribution is 2.33. The number of hydrogen-bond donors (Lipinski definition) is 1. The van der Waals surface area contributed by atoms with Gasteiger partial charge < -0.3 is 10.0 Å². The number of hydrogen-bond acceptors (Lipinski definition) is 4. The average molecular weight is 356 g/mol. The van der Waals surface area contributed by atoms with Gasteiger partial charge in [-0.25, -0.2) is 9.48 Å². The van der Waals surface area contributed by atoms with E-state index in [9.17, 15) is 9.59 Å². The van der Waals surface area contributed by atoms with Gasteiger partial charge in [0.15, 0.2) is 5.69 Å². The Morgan fingerprint density at radius 2 is 1.92 bits per heavy atom. The summed E-state index contributed by atoms with van der Waals surface area (Å²) in [6.45, 7) is 7.23. The summed E-state index contributed by atoms with van der Waals surface area (Å²) in [6, 6.07) is 8.53. The second kappa shape index (κ2) is 6.90. The maximum absolute atomic E-state index is 12.7. The molecule has 1 aliphatic rings. The van der Waals surface area contributed by atoms with Crippen molar-refractivity contribution in [2.45, 2.75) is 51.6 Å². The predicted molar refractivity (Wildman–Crippen MR) is 95.8 cm³/mol. The van der Waals surface area contributed by atoms with Gasteiger partial charge in [-0.2, -0.15) is 0 Å². The fraction of sp³-hybridized carbons (Fsp3) is 0.474. The predicted octanol–water partition coefficient (Wildman–Crippen LogP) is 2.64. The number of benzene rings is 1. The van der Waals surface area contributed by atoms with Crippen LogP contribution in [-0.2, 0) is 16.8 Å². The molecule has 1 aliphatic heterocycles. The van der Waals surface area contributed by atoms with E-state index in [-0.39, 0.29) is 29.6 Å². The molecule has 0 spiro atoms. The Balaban J connectivity index is 1.72. The third-order valence-corrected chi connectivity index (χ3v) is 4.79. The summed E-state index contributed by atoms with van der Waals surface area (Å²) in [7, 11) is 0. The van der Waals surface area contributed by atoms with Crippen molar-refractivity contribution in [3.05, 3.63) is 47.3 Å². The molecule has 1 atom stereocenters. The second-order valence-corrected chi connectivity index (χ2v) is 7.72. The van der Waals surface area contributed by atoms with Crippen molar-refractivity contribution in [2.75, 3.05) is 6.54 Å². The smallest absolute Gasteiger partial charge is 0.358 e. The van der Waals surface area contributed by atoms with Crippen LogP contribution in [0.4, 0.5) is 0 Å². The number of nitrogens with zero attached hydrogens (tertiary/aromatic N) is 4. The van der Waals surface area contributed by atoms with Crippen LogP contribution in [0.3, 0.4) is 0 Å². The first-order chi connectivity index (χ1) is 12.3. The van der Waals surface area contributed by atoms with Crippen molar-refractivity contribution in [2.24, 2.45) is 0 Å². The molecule has 2 heterocycles. The summed E-state index contributed by atoms with van der Waals surface area (Å²) >= 11 is 0. The lowest BCUT2D eigenvalue weighted by Gasteiger charge is -2.26. The van der Waals surface area contributed by atoms with E-state index in [0.29, 0.717) is 6.54 Å². The first-order valence-electron chi connectivity index (χ1n) is 8.79. The Labute approximate surface area is 152 Å². The molecule has 1 aromatic carbocycles. The second-order valence-electron chi connectivity index (χ2n) is 7.72. The molecule has 7 nitrogen and oxygen atoms in total. The number of likely N-dealkylation sites (tertiary alicyclic amines) is 1. The topological polar surface area (TPSA) is 88.3 Å². The molecule has 1 saturated heterocycles. The standard InChI is InChI=1S/C19H24N4O3/c1-19(2,3)14-8-6-13(7-9-14)16-5-4-10-23(16)17(24)12-22-11-15(18(25)26)20-21-22/h6-9,11,16H,4-5,10,12H2,1-3H3,(H,25,26). The third kappa shape index (κ3) is 3.76. The fourth-order valence-electron chi connectivity index (χ4n) is 3.32. The summed E-state index contributed by atoms with van der Waals surface area (Å²) in [5.41, 5.74) is 2.33. The van der Waals surface area contributed by atoms with Gasteiger partial charge >= 0.3 is 5.97 Å². The molecule has 1 unspecified atom stereocenters. The van der Waals surface area contributed by atoms with Crippen LogP contribution in [0.5, 0.6) is 0 Å². The zero-order valence-electron chi connectivity index (χ0n) is 15.3. The molecule has 0 radical (unpaired) electrons. The van der Waals surface area contributed by atoms with E-state index >= 15 is 0 Å². The van der Waals surface area contributed by atoms with E-state index in [1.54, 1.807) is 0 Å². The minimum Gasteiger partial charge on any atom is -0.476 e. The van der Waals surface area contributed by atoms with Crippen LogP contribution in [0.15, 0.2) is 30.5 Å². The van der Waals surface area contributed by atoms with Gasteiger partial charge in [0.2, 0.25) is 5.91 Å². The van der Waals surface area contributed by atoms with Gasteiger partial charge in [0.1, 0.15) is 6.54 Å². The molecule has 1 aromatic heterocycles. The number of aromatic nitrogens is 3. The van der Waals surface area contributed by atoms with Gasteiger partial charge in [-0.05, 0) is 29.4 Å². The fourth-order valence-corrected chi connectivity index (χ4v) is 3.32. The van der Waals surface area contributed by atoms with Crippen LogP contribution < -0.4 is 0 Å². The Morgan fingerprint density at radius 3 is 2.50 bits per heavy atom. The van der Waals surface area contributed by atoms with Crippen molar-refractivity contribution >= 4 is 11.9 Å². The Hall–Kier alpha value is -2.70. The molecule has 138 valence electrons. The number of amides is 1. The highest BCUT2D eigenvalue weighted by Gasteiger charge is 2.30. The van der Waals surface area contributed by atoms with Gasteiger partial charge in [0, 0.05) is 6.54 Å². The molecule has 26 heavy (non-hydrogen) atoms. The summed E-state index contributed by atoms with van der Waals surface area (Å²) in [5.74, 6) is -1.23. The molecule has 3 rings (SSSR count). The van der Waals surface area contributed by atoms with Crippen molar-refractivity contribution in [3.63, 3.8) is 0 Å². The highest BCUT2D eigenvalue weighted by molar-refractivity contribution is 5.84. The normalized spacial score (nSPS) is 17.5. The van der Waals surface area contributed by atoms with Crippen LogP contribution in [0, 0.1) is 0 Å². The maximum atomic E-state index is 12.7. The van der Waals surface area contributed by atoms with Gasteiger partial charge in [-0.15, -0.1) is 5.10 Å². The highest BCUT2D eigenvalue weighted by atomic mass is 16.4. The summed E-state index contributed by atoms with van der Waals surface area (Å²) in [6.07, 6.45) is 3.16. The minimum atomic E-state index is -1.15. The molecular formula is C19H24N4O3. The Bertz CT molecular complexity index is 805. The minimum absolute atomic E-state index is 0.00312. The SMILES string of the molecule is CC(C)(C)c1ccc(C2CCCN2C(=O)Cn2cc(C(=O)O)nn2)cc1. The molecule has 0 saturated carbocycles. The third-order valence-electron chi connectivity index (χ3n) is 4.79. The lowest BCUT2D eigenvalue weighted by atomic mass is 9.86. The van der Waals surface area contributed by atoms with Crippen LogP contribution in [0.1, 0.15) is 61.3 Å². The molecule has 1 N–H and O–H groups in total. The van der Waals surface area contributed by atoms with Crippen LogP contribution in [-0.4, -0.2) is 43.4 Å². The zero-order valence-corrected chi connectivity index (χ0v) is 15.3. The van der Waals surface area contributed by atoms with E-state index < -0.39 is 5.97 Å². The van der Waals surface area contributed by atoms with E-state index in [1.165, 1.54) is 16.4 Å². The van der Waals surface area contributed by atoms with Crippen LogP contribution in [0.25, 0.3) is 0 Å². The molecule has 1 amide bonds. The number of carboxylic acid groups (broad SMARTS) is 1. The van der Waals surface area contributed by atoms with Gasteiger partial charge in [-0.1, -0.05) is 50.3 Å². The summed E-state index contributed by atoms with van der Waals surface area (Å²) < 4.78 is 1.28. The van der Waals surface area contributed by atoms with Crippen molar-refractivity contribution < 1.29 is 14.7 Å². The zero-order chi connectivity index (χ0) is 18.9. The first kappa shape index (κ1) is 18.1. The largest absolute Gasteiger partial charge is 0.476 e. The molecule has 0 bridgehead atoms. The monoisotopic (exact) mass is 356 g/mol. The van der Waals surface area contributed by atoms with E-state index in [4.69, 9.17) is 5.11 Å². The molecule has 1 fully saturated rings. The first-order valence-corrected chi connectivity index (χ1v) is 8.79. The number of rotatable bonds is 4. The number of aromatic carboxylic acids is 1. The molecule has 2 aromatic rings. The summed E-state index contributed by atoms with van der Waals surface area (Å²) in [5, 5.41) is 16.2. The summed E-state index contributed by atoms with van der Waals surface area (Å²) in [4.78, 5) is 25.4. The van der Waals surface area contributed by atoms with Crippen LogP contribution >= 0.6 is 0 Å². The molecular weight excluding hydrogens is 332 g/mol. The Kier molecular flexibility index (Phi) is 4.80. The number of carbonyl (C=O) groups is 2. The maximum Gasteiger partial charge on any atom is 0.358 e. The van der Waals surface area contributed by atoms with Gasteiger partial charge in [0.25, 0.3) is 0 Å². The van der Waals surface area contributed by atoms with Crippen LogP contribution in [0.2, 0.25) is 0 Å². The number of carboxylic acids is 1. The lowest BCUT2D eigenvalue weighted by molar-refractivity contribution is -0.133. The molecule has 0 aliphatic carbocycles. The lowest BCUT2D eigenvalue weighted by Crippen LogP contribution is -2.33. The van der Waals surface area contributed by atoms with Crippen molar-refractivity contribution in [1.82, 2.24) is 19.9 Å². The molecule has 7 heteroatoms. The van der Waals surface area contributed by atoms with E-state index in [2.05, 4.69) is 55.3 Å².